The van der Waals surface area contributed by atoms with Crippen LogP contribution in [0.4, 0.5) is 0 Å². The SMILES string of the molecule is COC1CN(C(C)CC(C)(C#N)NC2CC2)CCC1C. The van der Waals surface area contributed by atoms with E-state index < -0.39 is 5.54 Å². The van der Waals surface area contributed by atoms with Crippen LogP contribution in [0.15, 0.2) is 0 Å². The molecule has 0 aromatic rings. The van der Waals surface area contributed by atoms with E-state index in [1.165, 1.54) is 19.3 Å². The van der Waals surface area contributed by atoms with E-state index in [9.17, 15) is 5.26 Å². The van der Waals surface area contributed by atoms with Crippen molar-refractivity contribution in [3.05, 3.63) is 0 Å². The standard InChI is InChI=1S/C16H29N3O/c1-12-7-8-19(10-15(12)20-4)13(2)9-16(3,11-17)18-14-5-6-14/h12-15,18H,5-10H2,1-4H3. The fourth-order valence-electron chi connectivity index (χ4n) is 3.30. The first-order valence-electron chi connectivity index (χ1n) is 7.93. The molecule has 0 aromatic heterocycles. The van der Waals surface area contributed by atoms with Gasteiger partial charge >= 0.3 is 0 Å². The summed E-state index contributed by atoms with van der Waals surface area (Å²) in [6, 6.07) is 3.47. The van der Waals surface area contributed by atoms with E-state index in [-0.39, 0.29) is 0 Å². The third-order valence-corrected chi connectivity index (χ3v) is 4.90. The average Bonchev–Trinajstić information content (AvgIpc) is 3.22. The van der Waals surface area contributed by atoms with Gasteiger partial charge in [0, 0.05) is 25.7 Å². The van der Waals surface area contributed by atoms with E-state index >= 15 is 0 Å². The van der Waals surface area contributed by atoms with Crippen molar-refractivity contribution in [2.75, 3.05) is 20.2 Å². The Balaban J connectivity index is 1.89. The molecule has 2 rings (SSSR count). The number of nitriles is 1. The predicted molar refractivity (Wildman–Crippen MR) is 80.4 cm³/mol. The lowest BCUT2D eigenvalue weighted by molar-refractivity contribution is -0.0197. The maximum atomic E-state index is 9.49. The highest BCUT2D eigenvalue weighted by Crippen LogP contribution is 2.27. The number of hydrogen-bond acceptors (Lipinski definition) is 4. The summed E-state index contributed by atoms with van der Waals surface area (Å²) in [6.45, 7) is 8.66. The molecule has 4 unspecified atom stereocenters. The van der Waals surface area contributed by atoms with Crippen molar-refractivity contribution in [2.24, 2.45) is 5.92 Å². The monoisotopic (exact) mass is 279 g/mol. The summed E-state index contributed by atoms with van der Waals surface area (Å²) in [4.78, 5) is 2.48. The van der Waals surface area contributed by atoms with Gasteiger partial charge in [-0.25, -0.2) is 0 Å². The van der Waals surface area contributed by atoms with Gasteiger partial charge in [-0.1, -0.05) is 6.92 Å². The normalized spacial score (nSPS) is 32.4. The number of hydrogen-bond donors (Lipinski definition) is 1. The van der Waals surface area contributed by atoms with E-state index in [1.807, 2.05) is 14.0 Å². The summed E-state index contributed by atoms with van der Waals surface area (Å²) in [7, 11) is 1.81. The second-order valence-electron chi connectivity index (χ2n) is 6.95. The molecule has 4 atom stereocenters. The van der Waals surface area contributed by atoms with Gasteiger partial charge in [-0.2, -0.15) is 5.26 Å². The minimum atomic E-state index is -0.397. The number of methoxy groups -OCH3 is 1. The zero-order valence-corrected chi connectivity index (χ0v) is 13.4. The Morgan fingerprint density at radius 2 is 2.15 bits per heavy atom. The Morgan fingerprint density at radius 3 is 2.70 bits per heavy atom. The summed E-state index contributed by atoms with van der Waals surface area (Å²) in [5, 5.41) is 13.0. The third kappa shape index (κ3) is 3.94. The Labute approximate surface area is 123 Å². The van der Waals surface area contributed by atoms with E-state index in [0.29, 0.717) is 24.1 Å². The molecule has 4 heteroatoms. The molecule has 1 N–H and O–H groups in total. The van der Waals surface area contributed by atoms with Crippen molar-refractivity contribution < 1.29 is 4.74 Å². The number of piperidine rings is 1. The Morgan fingerprint density at radius 1 is 1.45 bits per heavy atom. The van der Waals surface area contributed by atoms with Gasteiger partial charge in [0.05, 0.1) is 12.2 Å². The highest BCUT2D eigenvalue weighted by Gasteiger charge is 2.36. The second-order valence-corrected chi connectivity index (χ2v) is 6.95. The minimum absolute atomic E-state index is 0.330. The van der Waals surface area contributed by atoms with E-state index in [1.54, 1.807) is 0 Å². The highest BCUT2D eigenvalue weighted by atomic mass is 16.5. The van der Waals surface area contributed by atoms with Gasteiger partial charge in [0.25, 0.3) is 0 Å². The number of rotatable bonds is 6. The molecule has 1 aliphatic heterocycles. The van der Waals surface area contributed by atoms with Crippen molar-refractivity contribution in [3.63, 3.8) is 0 Å². The van der Waals surface area contributed by atoms with Gasteiger partial charge in [-0.15, -0.1) is 0 Å². The lowest BCUT2D eigenvalue weighted by Crippen LogP contribution is -2.52. The fraction of sp³-hybridized carbons (Fsp3) is 0.938. The van der Waals surface area contributed by atoms with Crippen LogP contribution in [0.5, 0.6) is 0 Å². The van der Waals surface area contributed by atoms with Gasteiger partial charge in [-0.05, 0) is 52.0 Å². The molecule has 0 amide bonds. The molecule has 2 aliphatic rings. The molecule has 4 nitrogen and oxygen atoms in total. The first-order chi connectivity index (χ1) is 9.47. The summed E-state index contributed by atoms with van der Waals surface area (Å²) >= 11 is 0. The van der Waals surface area contributed by atoms with Crippen LogP contribution in [0.2, 0.25) is 0 Å². The van der Waals surface area contributed by atoms with Crippen LogP contribution in [-0.2, 0) is 4.74 Å². The zero-order chi connectivity index (χ0) is 14.8. The van der Waals surface area contributed by atoms with Gasteiger partial charge in [0.15, 0.2) is 0 Å². The molecule has 0 aromatic carbocycles. The number of likely N-dealkylation sites (tertiary alicyclic amines) is 1. The maximum absolute atomic E-state index is 9.49. The molecule has 0 radical (unpaired) electrons. The van der Waals surface area contributed by atoms with Crippen molar-refractivity contribution in [2.45, 2.75) is 70.2 Å². The Kier molecular flexibility index (Phi) is 5.06. The van der Waals surface area contributed by atoms with Crippen LogP contribution in [0.1, 0.15) is 46.5 Å². The third-order valence-electron chi connectivity index (χ3n) is 4.90. The summed E-state index contributed by atoms with van der Waals surface area (Å²) in [5.41, 5.74) is -0.397. The molecule has 0 bridgehead atoms. The first-order valence-corrected chi connectivity index (χ1v) is 7.93. The smallest absolute Gasteiger partial charge is 0.105 e. The molecule has 1 saturated carbocycles. The average molecular weight is 279 g/mol. The first kappa shape index (κ1) is 15.8. The van der Waals surface area contributed by atoms with E-state index in [4.69, 9.17) is 4.74 Å². The summed E-state index contributed by atoms with van der Waals surface area (Å²) in [6.07, 6.45) is 4.83. The Hall–Kier alpha value is -0.630. The topological polar surface area (TPSA) is 48.3 Å². The fourth-order valence-corrected chi connectivity index (χ4v) is 3.30. The Bertz CT molecular complexity index is 363. The molecule has 0 spiro atoms. The predicted octanol–water partition coefficient (Wildman–Crippen LogP) is 2.16. The largest absolute Gasteiger partial charge is 0.380 e. The molecule has 1 saturated heterocycles. The van der Waals surface area contributed by atoms with Crippen molar-refractivity contribution >= 4 is 0 Å². The molecule has 2 fully saturated rings. The molecule has 114 valence electrons. The molecular weight excluding hydrogens is 250 g/mol. The summed E-state index contributed by atoms with van der Waals surface area (Å²) < 4.78 is 5.59. The van der Waals surface area contributed by atoms with Gasteiger partial charge in [0.2, 0.25) is 0 Å². The van der Waals surface area contributed by atoms with Gasteiger partial charge in [-0.3, -0.25) is 10.2 Å². The van der Waals surface area contributed by atoms with Crippen LogP contribution >= 0.6 is 0 Å². The molecule has 1 heterocycles. The molecular formula is C16H29N3O. The maximum Gasteiger partial charge on any atom is 0.105 e. The second kappa shape index (κ2) is 6.43. The van der Waals surface area contributed by atoms with E-state index in [2.05, 4.69) is 30.1 Å². The van der Waals surface area contributed by atoms with Crippen LogP contribution in [0.25, 0.3) is 0 Å². The van der Waals surface area contributed by atoms with Crippen LogP contribution in [0.3, 0.4) is 0 Å². The van der Waals surface area contributed by atoms with Crippen LogP contribution < -0.4 is 5.32 Å². The van der Waals surface area contributed by atoms with Crippen molar-refractivity contribution in [1.82, 2.24) is 10.2 Å². The van der Waals surface area contributed by atoms with Crippen LogP contribution in [-0.4, -0.2) is 48.8 Å². The zero-order valence-electron chi connectivity index (χ0n) is 13.4. The van der Waals surface area contributed by atoms with Crippen molar-refractivity contribution in [3.8, 4) is 6.07 Å². The molecule has 20 heavy (non-hydrogen) atoms. The molecule has 1 aliphatic carbocycles. The number of nitrogens with one attached hydrogen (secondary N) is 1. The van der Waals surface area contributed by atoms with Crippen molar-refractivity contribution in [1.29, 1.82) is 5.26 Å². The lowest BCUT2D eigenvalue weighted by Gasteiger charge is -2.41. The number of nitrogens with zero attached hydrogens (tertiary/aromatic N) is 2. The summed E-state index contributed by atoms with van der Waals surface area (Å²) in [5.74, 6) is 0.635. The minimum Gasteiger partial charge on any atom is -0.380 e. The van der Waals surface area contributed by atoms with Crippen LogP contribution in [0, 0.1) is 17.2 Å². The lowest BCUT2D eigenvalue weighted by atomic mass is 9.90. The number of ether oxygens (including phenoxy) is 1. The van der Waals surface area contributed by atoms with E-state index in [0.717, 1.165) is 19.5 Å². The quantitative estimate of drug-likeness (QED) is 0.809. The van der Waals surface area contributed by atoms with Gasteiger partial charge in [0.1, 0.15) is 5.54 Å². The van der Waals surface area contributed by atoms with Gasteiger partial charge < -0.3 is 4.74 Å². The highest BCUT2D eigenvalue weighted by molar-refractivity contribution is 5.08.